The predicted octanol–water partition coefficient (Wildman–Crippen LogP) is 3.32. The average molecular weight is 198 g/mol. The number of carbonyl (C=O) groups is 1. The molecule has 2 heteroatoms. The van der Waals surface area contributed by atoms with Gasteiger partial charge in [-0.25, -0.2) is 4.79 Å². The molecule has 1 atom stereocenters. The first-order valence-corrected chi connectivity index (χ1v) is 5.41. The number of unbranched alkanes of at least 4 members (excludes halogenated alkanes) is 1. The van der Waals surface area contributed by atoms with E-state index in [1.165, 1.54) is 12.8 Å². The van der Waals surface area contributed by atoms with Crippen molar-refractivity contribution >= 4 is 5.97 Å². The minimum Gasteiger partial charge on any atom is -0.462 e. The van der Waals surface area contributed by atoms with Crippen LogP contribution in [0.25, 0.3) is 0 Å². The zero-order valence-corrected chi connectivity index (χ0v) is 9.80. The smallest absolute Gasteiger partial charge is 0.333 e. The average Bonchev–Trinajstić information content (AvgIpc) is 2.21. The highest BCUT2D eigenvalue weighted by Crippen LogP contribution is 2.08. The summed E-state index contributed by atoms with van der Waals surface area (Å²) in [6.45, 7) is 8.46. The second kappa shape index (κ2) is 7.60. The van der Waals surface area contributed by atoms with E-state index >= 15 is 0 Å². The van der Waals surface area contributed by atoms with E-state index < -0.39 is 0 Å². The van der Waals surface area contributed by atoms with Crippen LogP contribution in [0.3, 0.4) is 0 Å². The summed E-state index contributed by atoms with van der Waals surface area (Å²) in [6, 6.07) is 0. The minimum atomic E-state index is -0.184. The molecule has 14 heavy (non-hydrogen) atoms. The minimum absolute atomic E-state index is 0.184. The Morgan fingerprint density at radius 1 is 1.50 bits per heavy atom. The van der Waals surface area contributed by atoms with Crippen molar-refractivity contribution in [3.8, 4) is 0 Å². The van der Waals surface area contributed by atoms with Gasteiger partial charge in [0.05, 0.1) is 6.61 Å². The van der Waals surface area contributed by atoms with Gasteiger partial charge < -0.3 is 4.74 Å². The Hall–Kier alpha value is -0.790. The molecule has 0 aliphatic carbocycles. The molecule has 0 radical (unpaired) electrons. The first-order chi connectivity index (χ1) is 6.61. The van der Waals surface area contributed by atoms with Gasteiger partial charge in [0.25, 0.3) is 0 Å². The lowest BCUT2D eigenvalue weighted by Gasteiger charge is -2.11. The summed E-state index contributed by atoms with van der Waals surface area (Å²) in [5, 5.41) is 0. The van der Waals surface area contributed by atoms with Crippen LogP contribution in [0.5, 0.6) is 0 Å². The Labute approximate surface area is 87.3 Å². The number of allylic oxidation sites excluding steroid dienone is 1. The van der Waals surface area contributed by atoms with Crippen molar-refractivity contribution in [2.45, 2.75) is 47.0 Å². The van der Waals surface area contributed by atoms with Crippen molar-refractivity contribution in [3.63, 3.8) is 0 Å². The molecule has 1 unspecified atom stereocenters. The standard InChI is InChI=1S/C12H22O2/c1-5-7-8-10(3)9-14-12(13)11(4)6-2/h6,10H,5,7-9H2,1-4H3. The van der Waals surface area contributed by atoms with Gasteiger partial charge in [-0.2, -0.15) is 0 Å². The van der Waals surface area contributed by atoms with Crippen molar-refractivity contribution in [1.82, 2.24) is 0 Å². The fraction of sp³-hybridized carbons (Fsp3) is 0.750. The molecule has 0 heterocycles. The normalized spacial score (nSPS) is 13.9. The van der Waals surface area contributed by atoms with Crippen LogP contribution in [0.2, 0.25) is 0 Å². The van der Waals surface area contributed by atoms with Crippen LogP contribution in [0, 0.1) is 5.92 Å². The Balaban J connectivity index is 3.66. The quantitative estimate of drug-likeness (QED) is 0.483. The van der Waals surface area contributed by atoms with Gasteiger partial charge >= 0.3 is 5.97 Å². The first-order valence-electron chi connectivity index (χ1n) is 5.41. The van der Waals surface area contributed by atoms with Gasteiger partial charge in [0.2, 0.25) is 0 Å². The van der Waals surface area contributed by atoms with Crippen LogP contribution >= 0.6 is 0 Å². The zero-order chi connectivity index (χ0) is 11.0. The highest BCUT2D eigenvalue weighted by Gasteiger charge is 2.07. The summed E-state index contributed by atoms with van der Waals surface area (Å²) in [5.41, 5.74) is 0.688. The van der Waals surface area contributed by atoms with Crippen LogP contribution in [-0.4, -0.2) is 12.6 Å². The third kappa shape index (κ3) is 5.79. The number of ether oxygens (including phenoxy) is 1. The van der Waals surface area contributed by atoms with E-state index in [4.69, 9.17) is 4.74 Å². The summed E-state index contributed by atoms with van der Waals surface area (Å²) in [5.74, 6) is 0.291. The van der Waals surface area contributed by atoms with Gasteiger partial charge in [0.15, 0.2) is 0 Å². The van der Waals surface area contributed by atoms with Crippen molar-refractivity contribution in [1.29, 1.82) is 0 Å². The molecule has 0 aromatic carbocycles. The molecule has 0 fully saturated rings. The largest absolute Gasteiger partial charge is 0.462 e. The van der Waals surface area contributed by atoms with Gasteiger partial charge in [0, 0.05) is 5.57 Å². The molecule has 82 valence electrons. The molecule has 0 aromatic heterocycles. The molecule has 0 spiro atoms. The Bertz CT molecular complexity index is 194. The van der Waals surface area contributed by atoms with Crippen molar-refractivity contribution in [2.75, 3.05) is 6.61 Å². The Kier molecular flexibility index (Phi) is 7.17. The molecule has 2 nitrogen and oxygen atoms in total. The van der Waals surface area contributed by atoms with Crippen molar-refractivity contribution in [2.24, 2.45) is 5.92 Å². The summed E-state index contributed by atoms with van der Waals surface area (Å²) in [4.78, 5) is 11.3. The molecule has 0 amide bonds. The van der Waals surface area contributed by atoms with Gasteiger partial charge in [-0.05, 0) is 26.2 Å². The maximum absolute atomic E-state index is 11.3. The summed E-state index contributed by atoms with van der Waals surface area (Å²) in [7, 11) is 0. The first kappa shape index (κ1) is 13.2. The second-order valence-corrected chi connectivity index (χ2v) is 3.82. The molecule has 0 bridgehead atoms. The molecule has 0 aromatic rings. The van der Waals surface area contributed by atoms with Gasteiger partial charge in [-0.15, -0.1) is 0 Å². The molecule has 0 saturated carbocycles. The second-order valence-electron chi connectivity index (χ2n) is 3.82. The van der Waals surface area contributed by atoms with E-state index in [1.807, 2.05) is 6.92 Å². The van der Waals surface area contributed by atoms with E-state index in [9.17, 15) is 4.79 Å². The third-order valence-corrected chi connectivity index (χ3v) is 2.30. The molecule has 0 aliphatic rings. The molecule has 0 aliphatic heterocycles. The highest BCUT2D eigenvalue weighted by atomic mass is 16.5. The topological polar surface area (TPSA) is 26.3 Å². The van der Waals surface area contributed by atoms with E-state index in [1.54, 1.807) is 13.0 Å². The van der Waals surface area contributed by atoms with Crippen LogP contribution in [-0.2, 0) is 9.53 Å². The third-order valence-electron chi connectivity index (χ3n) is 2.30. The van der Waals surface area contributed by atoms with Crippen LogP contribution in [0.15, 0.2) is 11.6 Å². The monoisotopic (exact) mass is 198 g/mol. The highest BCUT2D eigenvalue weighted by molar-refractivity contribution is 5.87. The van der Waals surface area contributed by atoms with E-state index in [0.717, 1.165) is 6.42 Å². The maximum Gasteiger partial charge on any atom is 0.333 e. The van der Waals surface area contributed by atoms with Crippen LogP contribution < -0.4 is 0 Å². The fourth-order valence-electron chi connectivity index (χ4n) is 1.09. The predicted molar refractivity (Wildman–Crippen MR) is 59.1 cm³/mol. The number of carbonyl (C=O) groups excluding carboxylic acids is 1. The Morgan fingerprint density at radius 2 is 2.14 bits per heavy atom. The van der Waals surface area contributed by atoms with Gasteiger partial charge in [-0.1, -0.05) is 32.8 Å². The lowest BCUT2D eigenvalue weighted by Crippen LogP contribution is -2.12. The zero-order valence-electron chi connectivity index (χ0n) is 9.80. The summed E-state index contributed by atoms with van der Waals surface area (Å²) in [6.07, 6.45) is 5.32. The summed E-state index contributed by atoms with van der Waals surface area (Å²) < 4.78 is 5.15. The summed E-state index contributed by atoms with van der Waals surface area (Å²) >= 11 is 0. The molecule has 0 saturated heterocycles. The Morgan fingerprint density at radius 3 is 2.64 bits per heavy atom. The van der Waals surface area contributed by atoms with Gasteiger partial charge in [-0.3, -0.25) is 0 Å². The van der Waals surface area contributed by atoms with Crippen LogP contribution in [0.1, 0.15) is 47.0 Å². The van der Waals surface area contributed by atoms with E-state index in [0.29, 0.717) is 18.1 Å². The number of rotatable bonds is 6. The molecule has 0 N–H and O–H groups in total. The molecule has 0 rings (SSSR count). The lowest BCUT2D eigenvalue weighted by molar-refractivity contribution is -0.140. The van der Waals surface area contributed by atoms with Crippen molar-refractivity contribution < 1.29 is 9.53 Å². The van der Waals surface area contributed by atoms with Crippen molar-refractivity contribution in [3.05, 3.63) is 11.6 Å². The maximum atomic E-state index is 11.3. The number of hydrogen-bond donors (Lipinski definition) is 0. The van der Waals surface area contributed by atoms with E-state index in [-0.39, 0.29) is 5.97 Å². The van der Waals surface area contributed by atoms with Gasteiger partial charge in [0.1, 0.15) is 0 Å². The number of hydrogen-bond acceptors (Lipinski definition) is 2. The van der Waals surface area contributed by atoms with Crippen LogP contribution in [0.4, 0.5) is 0 Å². The molecular formula is C12H22O2. The lowest BCUT2D eigenvalue weighted by atomic mass is 10.1. The molecular weight excluding hydrogens is 176 g/mol. The number of esters is 1. The SMILES string of the molecule is CC=C(C)C(=O)OCC(C)CCCC. The van der Waals surface area contributed by atoms with E-state index in [2.05, 4.69) is 13.8 Å². The fourth-order valence-corrected chi connectivity index (χ4v) is 1.09.